The zero-order valence-corrected chi connectivity index (χ0v) is 9.95. The number of hydrogen-bond donors (Lipinski definition) is 1. The van der Waals surface area contributed by atoms with Crippen LogP contribution >= 0.6 is 15.9 Å². The van der Waals surface area contributed by atoms with Gasteiger partial charge in [-0.2, -0.15) is 0 Å². The number of halogens is 1. The first-order valence-electron chi connectivity index (χ1n) is 4.91. The Labute approximate surface area is 96.7 Å². The van der Waals surface area contributed by atoms with Gasteiger partial charge >= 0.3 is 0 Å². The van der Waals surface area contributed by atoms with Gasteiger partial charge in [0, 0.05) is 18.6 Å². The van der Waals surface area contributed by atoms with Crippen molar-refractivity contribution in [2.75, 3.05) is 19.5 Å². The Hall–Kier alpha value is -0.740. The molecule has 1 heterocycles. The van der Waals surface area contributed by atoms with Gasteiger partial charge in [-0.05, 0) is 6.07 Å². The highest BCUT2D eigenvalue weighted by Gasteiger charge is 2.70. The maximum Gasteiger partial charge on any atom is 0.146 e. The van der Waals surface area contributed by atoms with E-state index in [-0.39, 0.29) is 10.4 Å². The second-order valence-electron chi connectivity index (χ2n) is 4.14. The molecular formula is C11H12BrNO2. The van der Waals surface area contributed by atoms with E-state index in [0.29, 0.717) is 12.5 Å². The molecule has 1 saturated carbocycles. The number of alkyl halides is 1. The summed E-state index contributed by atoms with van der Waals surface area (Å²) in [6.45, 7) is 0.663. The predicted molar refractivity (Wildman–Crippen MR) is 61.5 cm³/mol. The number of methoxy groups -OCH3 is 1. The smallest absolute Gasteiger partial charge is 0.146 e. The van der Waals surface area contributed by atoms with Gasteiger partial charge < -0.3 is 15.2 Å². The summed E-state index contributed by atoms with van der Waals surface area (Å²) in [5, 5.41) is 0. The molecule has 2 N–H and O–H groups in total. The summed E-state index contributed by atoms with van der Waals surface area (Å²) in [7, 11) is 1.71. The minimum absolute atomic E-state index is 0.0391. The molecule has 0 radical (unpaired) electrons. The van der Waals surface area contributed by atoms with Crippen molar-refractivity contribution in [3.63, 3.8) is 0 Å². The van der Waals surface area contributed by atoms with Crippen LogP contribution in [0.15, 0.2) is 18.2 Å². The number of para-hydroxylation sites is 1. The van der Waals surface area contributed by atoms with Crippen LogP contribution in [-0.4, -0.2) is 24.1 Å². The lowest BCUT2D eigenvalue weighted by Gasteiger charge is -2.15. The summed E-state index contributed by atoms with van der Waals surface area (Å²) < 4.78 is 11.0. The summed E-state index contributed by atoms with van der Waals surface area (Å²) >= 11 is 3.70. The number of rotatable bonds is 2. The lowest BCUT2D eigenvalue weighted by molar-refractivity contribution is 0.176. The van der Waals surface area contributed by atoms with Gasteiger partial charge in [0.1, 0.15) is 11.9 Å². The molecule has 3 atom stereocenters. The van der Waals surface area contributed by atoms with Crippen molar-refractivity contribution in [1.29, 1.82) is 0 Å². The van der Waals surface area contributed by atoms with Gasteiger partial charge in [-0.25, -0.2) is 0 Å². The third kappa shape index (κ3) is 1.09. The van der Waals surface area contributed by atoms with Gasteiger partial charge in [-0.3, -0.25) is 0 Å². The van der Waals surface area contributed by atoms with E-state index in [9.17, 15) is 0 Å². The normalized spacial score (nSPS) is 35.6. The molecule has 1 aliphatic heterocycles. The lowest BCUT2D eigenvalue weighted by Crippen LogP contribution is -2.19. The average molecular weight is 270 g/mol. The summed E-state index contributed by atoms with van der Waals surface area (Å²) in [4.78, 5) is 0. The molecule has 0 bridgehead atoms. The van der Waals surface area contributed by atoms with Crippen LogP contribution in [0.4, 0.5) is 5.69 Å². The zero-order chi connectivity index (χ0) is 10.6. The van der Waals surface area contributed by atoms with Crippen LogP contribution in [-0.2, 0) is 4.74 Å². The van der Waals surface area contributed by atoms with Crippen molar-refractivity contribution in [3.8, 4) is 5.75 Å². The number of nitrogen functional groups attached to an aromatic ring is 1. The predicted octanol–water partition coefficient (Wildman–Crippen LogP) is 1.91. The monoisotopic (exact) mass is 269 g/mol. The maximum absolute atomic E-state index is 5.85. The van der Waals surface area contributed by atoms with Gasteiger partial charge in [0.25, 0.3) is 0 Å². The quantitative estimate of drug-likeness (QED) is 0.659. The molecule has 1 aliphatic carbocycles. The van der Waals surface area contributed by atoms with Crippen molar-refractivity contribution < 1.29 is 9.47 Å². The minimum Gasteiger partial charge on any atom is -0.486 e. The van der Waals surface area contributed by atoms with E-state index < -0.39 is 0 Å². The van der Waals surface area contributed by atoms with Crippen molar-refractivity contribution in [1.82, 2.24) is 0 Å². The maximum atomic E-state index is 5.85. The number of ether oxygens (including phenoxy) is 2. The van der Waals surface area contributed by atoms with Crippen LogP contribution in [0.2, 0.25) is 0 Å². The summed E-state index contributed by atoms with van der Waals surface area (Å²) in [5.74, 6) is 1.25. The number of fused-ring (bicyclic) bond motifs is 3. The Morgan fingerprint density at radius 2 is 2.40 bits per heavy atom. The summed E-state index contributed by atoms with van der Waals surface area (Å²) in [6.07, 6.45) is 0.178. The summed E-state index contributed by atoms with van der Waals surface area (Å²) in [5.41, 5.74) is 7.78. The number of anilines is 1. The molecule has 0 saturated heterocycles. The van der Waals surface area contributed by atoms with E-state index in [1.807, 2.05) is 12.1 Å². The highest BCUT2D eigenvalue weighted by Crippen LogP contribution is 2.66. The fraction of sp³-hybridized carbons (Fsp3) is 0.455. The average Bonchev–Trinajstić information content (AvgIpc) is 2.59. The van der Waals surface area contributed by atoms with Gasteiger partial charge in [0.2, 0.25) is 0 Å². The molecule has 1 fully saturated rings. The fourth-order valence-corrected chi connectivity index (χ4v) is 3.38. The van der Waals surface area contributed by atoms with E-state index in [4.69, 9.17) is 15.2 Å². The zero-order valence-electron chi connectivity index (χ0n) is 8.37. The molecule has 1 aromatic carbocycles. The first-order chi connectivity index (χ1) is 7.18. The number of benzene rings is 1. The molecule has 4 heteroatoms. The first kappa shape index (κ1) is 9.48. The molecule has 0 aromatic heterocycles. The molecule has 15 heavy (non-hydrogen) atoms. The molecule has 2 aliphatic rings. The molecular weight excluding hydrogens is 258 g/mol. The standard InChI is InChI=1S/C11H12BrNO2/c1-14-5-11(12)8-6-3-2-4-7(13)9(6)15-10(8)11/h2-4,8,10H,5,13H2,1H3. The highest BCUT2D eigenvalue weighted by atomic mass is 79.9. The molecule has 3 rings (SSSR count). The van der Waals surface area contributed by atoms with Crippen molar-refractivity contribution in [2.45, 2.75) is 16.3 Å². The van der Waals surface area contributed by atoms with Gasteiger partial charge in [-0.15, -0.1) is 0 Å². The van der Waals surface area contributed by atoms with Crippen LogP contribution in [0.1, 0.15) is 11.5 Å². The molecule has 0 spiro atoms. The Bertz CT molecular complexity index is 423. The van der Waals surface area contributed by atoms with Crippen molar-refractivity contribution in [3.05, 3.63) is 23.8 Å². The highest BCUT2D eigenvalue weighted by molar-refractivity contribution is 9.10. The third-order valence-corrected chi connectivity index (χ3v) is 4.38. The summed E-state index contributed by atoms with van der Waals surface area (Å²) in [6, 6.07) is 5.92. The number of nitrogens with two attached hydrogens (primary N) is 1. The van der Waals surface area contributed by atoms with Crippen LogP contribution in [0.3, 0.4) is 0 Å². The Kier molecular flexibility index (Phi) is 1.83. The number of hydrogen-bond acceptors (Lipinski definition) is 3. The molecule has 1 aromatic rings. The molecule has 3 unspecified atom stereocenters. The van der Waals surface area contributed by atoms with Crippen LogP contribution < -0.4 is 10.5 Å². The van der Waals surface area contributed by atoms with E-state index >= 15 is 0 Å². The molecule has 0 amide bonds. The topological polar surface area (TPSA) is 44.5 Å². The van der Waals surface area contributed by atoms with Crippen LogP contribution in [0, 0.1) is 0 Å². The van der Waals surface area contributed by atoms with E-state index in [2.05, 4.69) is 22.0 Å². The fourth-order valence-electron chi connectivity index (χ4n) is 2.44. The Morgan fingerprint density at radius 3 is 3.13 bits per heavy atom. The Balaban J connectivity index is 1.97. The van der Waals surface area contributed by atoms with Crippen LogP contribution in [0.25, 0.3) is 0 Å². The van der Waals surface area contributed by atoms with Crippen molar-refractivity contribution in [2.24, 2.45) is 0 Å². The van der Waals surface area contributed by atoms with E-state index in [1.165, 1.54) is 5.56 Å². The van der Waals surface area contributed by atoms with E-state index in [1.54, 1.807) is 7.11 Å². The van der Waals surface area contributed by atoms with Gasteiger partial charge in [-0.1, -0.05) is 28.1 Å². The second kappa shape index (κ2) is 2.89. The minimum atomic E-state index is -0.0391. The molecule has 3 nitrogen and oxygen atoms in total. The van der Waals surface area contributed by atoms with Gasteiger partial charge in [0.05, 0.1) is 16.6 Å². The first-order valence-corrected chi connectivity index (χ1v) is 5.70. The lowest BCUT2D eigenvalue weighted by atomic mass is 10.1. The Morgan fingerprint density at radius 1 is 1.60 bits per heavy atom. The SMILES string of the molecule is COCC1(Br)C2Oc3c(N)cccc3C21. The second-order valence-corrected chi connectivity index (χ2v) is 5.62. The molecule has 80 valence electrons. The largest absolute Gasteiger partial charge is 0.486 e. The third-order valence-electron chi connectivity index (χ3n) is 3.21. The van der Waals surface area contributed by atoms with Crippen molar-refractivity contribution >= 4 is 21.6 Å². The van der Waals surface area contributed by atoms with Crippen LogP contribution in [0.5, 0.6) is 5.75 Å². The van der Waals surface area contributed by atoms with Gasteiger partial charge in [0.15, 0.2) is 0 Å². The van der Waals surface area contributed by atoms with E-state index in [0.717, 1.165) is 11.4 Å².